The number of carboxylic acids is 1. The Morgan fingerprint density at radius 2 is 2.11 bits per heavy atom. The molecule has 1 saturated carbocycles. The van der Waals surface area contributed by atoms with Gasteiger partial charge in [0.2, 0.25) is 0 Å². The van der Waals surface area contributed by atoms with Crippen LogP contribution < -0.4 is 10.6 Å². The first kappa shape index (κ1) is 13.3. The highest BCUT2D eigenvalue weighted by atomic mass is 16.4. The number of nitrogens with one attached hydrogen (secondary N) is 2. The minimum absolute atomic E-state index is 0.211. The molecule has 2 amide bonds. The number of urea groups is 1. The Kier molecular flexibility index (Phi) is 4.32. The average Bonchev–Trinajstić information content (AvgIpc) is 2.76. The van der Waals surface area contributed by atoms with E-state index in [0.717, 1.165) is 30.4 Å². The smallest absolute Gasteiger partial charge is 0.325 e. The van der Waals surface area contributed by atoms with Crippen molar-refractivity contribution in [2.75, 3.05) is 5.32 Å². The Bertz CT molecular complexity index is 453. The van der Waals surface area contributed by atoms with Crippen molar-refractivity contribution in [1.29, 1.82) is 0 Å². The third-order valence-electron chi connectivity index (χ3n) is 3.02. The summed E-state index contributed by atoms with van der Waals surface area (Å²) in [5.74, 6) is -0.766. The molecule has 2 rings (SSSR count). The van der Waals surface area contributed by atoms with Gasteiger partial charge in [-0.1, -0.05) is 24.5 Å². The summed E-state index contributed by atoms with van der Waals surface area (Å²) in [4.78, 5) is 22.2. The lowest BCUT2D eigenvalue weighted by molar-refractivity contribution is -0.137. The van der Waals surface area contributed by atoms with Gasteiger partial charge in [-0.25, -0.2) is 9.48 Å². The third-order valence-corrected chi connectivity index (χ3v) is 3.02. The zero-order chi connectivity index (χ0) is 13.7. The van der Waals surface area contributed by atoms with Gasteiger partial charge in [-0.3, -0.25) is 10.1 Å². The lowest BCUT2D eigenvalue weighted by Gasteiger charge is -2.22. The minimum Gasteiger partial charge on any atom is -0.480 e. The third kappa shape index (κ3) is 4.23. The fourth-order valence-corrected chi connectivity index (χ4v) is 2.16. The maximum atomic E-state index is 11.7. The van der Waals surface area contributed by atoms with Gasteiger partial charge in [0, 0.05) is 6.04 Å². The van der Waals surface area contributed by atoms with E-state index in [1.165, 1.54) is 12.6 Å². The van der Waals surface area contributed by atoms with Gasteiger partial charge in [0.1, 0.15) is 6.54 Å². The summed E-state index contributed by atoms with van der Waals surface area (Å²) in [6, 6.07) is -0.114. The van der Waals surface area contributed by atoms with Crippen molar-refractivity contribution in [3.05, 3.63) is 6.20 Å². The van der Waals surface area contributed by atoms with Crippen LogP contribution in [-0.2, 0) is 11.3 Å². The molecule has 0 saturated heterocycles. The summed E-state index contributed by atoms with van der Waals surface area (Å²) >= 11 is 0. The van der Waals surface area contributed by atoms with E-state index in [1.807, 2.05) is 0 Å². The molecule has 1 aromatic heterocycles. The molecule has 1 aliphatic carbocycles. The van der Waals surface area contributed by atoms with Crippen LogP contribution in [0.1, 0.15) is 32.1 Å². The standard InChI is InChI=1S/C11H17N5O3/c17-10(18)7-16-6-9(14-15-16)13-11(19)12-8-4-2-1-3-5-8/h6,8H,1-5,7H2,(H,17,18)(H2,12,13,19). The van der Waals surface area contributed by atoms with Gasteiger partial charge >= 0.3 is 12.0 Å². The predicted molar refractivity (Wildman–Crippen MR) is 66.7 cm³/mol. The molecule has 0 aromatic carbocycles. The monoisotopic (exact) mass is 267 g/mol. The summed E-state index contributed by atoms with van der Waals surface area (Å²) in [5, 5.41) is 21.3. The van der Waals surface area contributed by atoms with Gasteiger partial charge in [-0.15, -0.1) is 5.10 Å². The van der Waals surface area contributed by atoms with Crippen LogP contribution in [0.25, 0.3) is 0 Å². The molecule has 0 aliphatic heterocycles. The van der Waals surface area contributed by atoms with Crippen molar-refractivity contribution < 1.29 is 14.7 Å². The highest BCUT2D eigenvalue weighted by Gasteiger charge is 2.16. The number of hydrogen-bond acceptors (Lipinski definition) is 4. The highest BCUT2D eigenvalue weighted by molar-refractivity contribution is 5.88. The maximum absolute atomic E-state index is 11.7. The number of aliphatic carboxylic acids is 1. The molecule has 19 heavy (non-hydrogen) atoms. The van der Waals surface area contributed by atoms with Crippen LogP contribution >= 0.6 is 0 Å². The lowest BCUT2D eigenvalue weighted by Crippen LogP contribution is -2.39. The molecule has 1 aliphatic rings. The van der Waals surface area contributed by atoms with Crippen LogP contribution in [-0.4, -0.2) is 38.1 Å². The normalized spacial score (nSPS) is 16.0. The molecule has 3 N–H and O–H groups in total. The topological polar surface area (TPSA) is 109 Å². The van der Waals surface area contributed by atoms with E-state index in [0.29, 0.717) is 0 Å². The second kappa shape index (κ2) is 6.17. The summed E-state index contributed by atoms with van der Waals surface area (Å²) in [6.45, 7) is -0.279. The summed E-state index contributed by atoms with van der Waals surface area (Å²) in [6.07, 6.45) is 6.88. The molecule has 1 fully saturated rings. The van der Waals surface area contributed by atoms with E-state index in [4.69, 9.17) is 5.11 Å². The molecular formula is C11H17N5O3. The molecule has 0 radical (unpaired) electrons. The largest absolute Gasteiger partial charge is 0.480 e. The number of carbonyl (C=O) groups excluding carboxylic acids is 1. The second-order valence-corrected chi connectivity index (χ2v) is 4.63. The van der Waals surface area contributed by atoms with Crippen LogP contribution in [0, 0.1) is 0 Å². The first-order valence-corrected chi connectivity index (χ1v) is 6.33. The van der Waals surface area contributed by atoms with Crippen LogP contribution in [0.5, 0.6) is 0 Å². The quantitative estimate of drug-likeness (QED) is 0.748. The fourth-order valence-electron chi connectivity index (χ4n) is 2.16. The zero-order valence-electron chi connectivity index (χ0n) is 10.5. The van der Waals surface area contributed by atoms with E-state index in [1.54, 1.807) is 0 Å². The molecule has 1 aromatic rings. The molecule has 0 unspecified atom stereocenters. The molecule has 8 nitrogen and oxygen atoms in total. The van der Waals surface area contributed by atoms with Gasteiger partial charge in [0.05, 0.1) is 6.20 Å². The van der Waals surface area contributed by atoms with E-state index < -0.39 is 5.97 Å². The average molecular weight is 267 g/mol. The van der Waals surface area contributed by atoms with E-state index in [2.05, 4.69) is 20.9 Å². The van der Waals surface area contributed by atoms with E-state index in [9.17, 15) is 9.59 Å². The van der Waals surface area contributed by atoms with Crippen molar-refractivity contribution in [3.8, 4) is 0 Å². The summed E-state index contributed by atoms with van der Waals surface area (Å²) < 4.78 is 1.15. The number of anilines is 1. The van der Waals surface area contributed by atoms with Crippen molar-refractivity contribution >= 4 is 17.8 Å². The highest BCUT2D eigenvalue weighted by Crippen LogP contribution is 2.17. The van der Waals surface area contributed by atoms with E-state index in [-0.39, 0.29) is 24.4 Å². The number of carbonyl (C=O) groups is 2. The zero-order valence-corrected chi connectivity index (χ0v) is 10.5. The molecule has 0 spiro atoms. The van der Waals surface area contributed by atoms with Gasteiger partial charge in [0.25, 0.3) is 0 Å². The Labute approximate surface area is 110 Å². The number of aromatic nitrogens is 3. The number of carboxylic acid groups (broad SMARTS) is 1. The number of hydrogen-bond donors (Lipinski definition) is 3. The van der Waals surface area contributed by atoms with Crippen molar-refractivity contribution in [1.82, 2.24) is 20.3 Å². The molecule has 1 heterocycles. The molecule has 104 valence electrons. The number of amides is 2. The minimum atomic E-state index is -1.01. The van der Waals surface area contributed by atoms with Crippen molar-refractivity contribution in [3.63, 3.8) is 0 Å². The Morgan fingerprint density at radius 1 is 1.37 bits per heavy atom. The molecule has 0 atom stereocenters. The van der Waals surface area contributed by atoms with Crippen molar-refractivity contribution in [2.45, 2.75) is 44.7 Å². The summed E-state index contributed by atoms with van der Waals surface area (Å²) in [5.41, 5.74) is 0. The number of rotatable bonds is 4. The molecular weight excluding hydrogens is 250 g/mol. The van der Waals surface area contributed by atoms with Crippen LogP contribution in [0.15, 0.2) is 6.20 Å². The summed E-state index contributed by atoms with van der Waals surface area (Å²) in [7, 11) is 0. The Hall–Kier alpha value is -2.12. The van der Waals surface area contributed by atoms with Gasteiger partial charge < -0.3 is 10.4 Å². The SMILES string of the molecule is O=C(O)Cn1cc(NC(=O)NC2CCCCC2)nn1. The van der Waals surface area contributed by atoms with Crippen LogP contribution in [0.3, 0.4) is 0 Å². The fraction of sp³-hybridized carbons (Fsp3) is 0.636. The maximum Gasteiger partial charge on any atom is 0.325 e. The Morgan fingerprint density at radius 3 is 2.79 bits per heavy atom. The van der Waals surface area contributed by atoms with Gasteiger partial charge in [-0.05, 0) is 12.8 Å². The van der Waals surface area contributed by atoms with Crippen molar-refractivity contribution in [2.24, 2.45) is 0 Å². The number of nitrogens with zero attached hydrogens (tertiary/aromatic N) is 3. The molecule has 0 bridgehead atoms. The van der Waals surface area contributed by atoms with E-state index >= 15 is 0 Å². The van der Waals surface area contributed by atoms with Crippen LogP contribution in [0.4, 0.5) is 10.6 Å². The lowest BCUT2D eigenvalue weighted by atomic mass is 9.96. The Balaban J connectivity index is 1.81. The second-order valence-electron chi connectivity index (χ2n) is 4.63. The van der Waals surface area contributed by atoms with Crippen LogP contribution in [0.2, 0.25) is 0 Å². The molecule has 8 heteroatoms. The van der Waals surface area contributed by atoms with Gasteiger partial charge in [-0.2, -0.15) is 0 Å². The first-order valence-electron chi connectivity index (χ1n) is 6.33. The van der Waals surface area contributed by atoms with Gasteiger partial charge in [0.15, 0.2) is 5.82 Å². The first-order chi connectivity index (χ1) is 9.13. The predicted octanol–water partition coefficient (Wildman–Crippen LogP) is 0.817.